The van der Waals surface area contributed by atoms with Gasteiger partial charge < -0.3 is 0 Å². The zero-order valence-electron chi connectivity index (χ0n) is 31.1. The van der Waals surface area contributed by atoms with Crippen LogP contribution in [-0.2, 0) is 0 Å². The van der Waals surface area contributed by atoms with Crippen molar-refractivity contribution in [2.24, 2.45) is 21.3 Å². The third kappa shape index (κ3) is 14.1. The number of hydrogen-bond donors (Lipinski definition) is 0. The van der Waals surface area contributed by atoms with E-state index in [-0.39, 0.29) is 17.2 Å². The molecule has 0 fully saturated rings. The summed E-state index contributed by atoms with van der Waals surface area (Å²) in [5, 5.41) is 0. The van der Waals surface area contributed by atoms with Crippen molar-refractivity contribution in [1.82, 2.24) is 0 Å². The highest BCUT2D eigenvalue weighted by Crippen LogP contribution is 2.55. The molecule has 0 heterocycles. The number of hydrogen-bond acceptors (Lipinski definition) is 2. The van der Waals surface area contributed by atoms with Crippen LogP contribution < -0.4 is 0 Å². The molecule has 2 aliphatic carbocycles. The van der Waals surface area contributed by atoms with E-state index in [4.69, 9.17) is 4.99 Å². The molecule has 3 rings (SSSR count). The van der Waals surface area contributed by atoms with Crippen molar-refractivity contribution in [1.29, 1.82) is 0 Å². The Bertz CT molecular complexity index is 1280. The van der Waals surface area contributed by atoms with E-state index in [0.29, 0.717) is 0 Å². The van der Waals surface area contributed by atoms with Crippen molar-refractivity contribution in [3.8, 4) is 0 Å². The third-order valence-electron chi connectivity index (χ3n) is 8.64. The second kappa shape index (κ2) is 22.5. The van der Waals surface area contributed by atoms with E-state index in [2.05, 4.69) is 83.5 Å². The summed E-state index contributed by atoms with van der Waals surface area (Å²) in [5.41, 5.74) is 7.95. The Morgan fingerprint density at radius 2 is 1.65 bits per heavy atom. The first kappa shape index (κ1) is 41.0. The van der Waals surface area contributed by atoms with Crippen LogP contribution in [0, 0.1) is 24.1 Å². The first-order chi connectivity index (χ1) is 22.1. The number of benzene rings is 1. The summed E-state index contributed by atoms with van der Waals surface area (Å²) < 4.78 is 13.7. The Hall–Kier alpha value is -3.07. The molecule has 0 spiro atoms. The van der Waals surface area contributed by atoms with E-state index in [9.17, 15) is 4.39 Å². The Morgan fingerprint density at radius 1 is 0.978 bits per heavy atom. The van der Waals surface area contributed by atoms with Crippen LogP contribution >= 0.6 is 0 Å². The molecule has 2 aliphatic rings. The minimum Gasteiger partial charge on any atom is -0.298 e. The molecular weight excluding hydrogens is 563 g/mol. The van der Waals surface area contributed by atoms with Crippen molar-refractivity contribution in [2.45, 2.75) is 133 Å². The molecule has 2 nitrogen and oxygen atoms in total. The van der Waals surface area contributed by atoms with Gasteiger partial charge in [0.25, 0.3) is 0 Å². The van der Waals surface area contributed by atoms with Crippen LogP contribution in [0.4, 0.5) is 4.39 Å². The van der Waals surface area contributed by atoms with E-state index in [0.717, 1.165) is 47.7 Å². The van der Waals surface area contributed by atoms with Crippen molar-refractivity contribution in [3.63, 3.8) is 0 Å². The van der Waals surface area contributed by atoms with Gasteiger partial charge >= 0.3 is 0 Å². The fraction of sp³-hybridized carbons (Fsp3) is 0.535. The molecule has 0 saturated heterocycles. The molecule has 0 radical (unpaired) electrons. The van der Waals surface area contributed by atoms with Crippen molar-refractivity contribution in [3.05, 3.63) is 107 Å². The fourth-order valence-electron chi connectivity index (χ4n) is 5.65. The number of rotatable bonds is 17. The summed E-state index contributed by atoms with van der Waals surface area (Å²) in [7, 11) is 0. The topological polar surface area (TPSA) is 24.7 Å². The molecule has 0 aliphatic heterocycles. The van der Waals surface area contributed by atoms with E-state index in [1.165, 1.54) is 67.7 Å². The van der Waals surface area contributed by atoms with Gasteiger partial charge in [-0.2, -0.15) is 0 Å². The number of aryl methyl sites for hydroxylation is 1. The van der Waals surface area contributed by atoms with Gasteiger partial charge in [0.2, 0.25) is 0 Å². The molecule has 2 atom stereocenters. The van der Waals surface area contributed by atoms with Crippen LogP contribution in [-0.4, -0.2) is 18.5 Å². The molecule has 46 heavy (non-hydrogen) atoms. The van der Waals surface area contributed by atoms with Gasteiger partial charge in [-0.3, -0.25) is 9.98 Å². The second-order valence-electron chi connectivity index (χ2n) is 12.6. The highest BCUT2D eigenvalue weighted by atomic mass is 19.1. The van der Waals surface area contributed by atoms with Gasteiger partial charge in [-0.15, -0.1) is 0 Å². The first-order valence-electron chi connectivity index (χ1n) is 18.1. The lowest BCUT2D eigenvalue weighted by atomic mass is 9.79. The Kier molecular flexibility index (Phi) is 20.0. The summed E-state index contributed by atoms with van der Waals surface area (Å²) in [6.45, 7) is 26.3. The summed E-state index contributed by atoms with van der Waals surface area (Å²) in [6, 6.07) is 4.96. The van der Waals surface area contributed by atoms with Gasteiger partial charge in [0.1, 0.15) is 5.82 Å². The maximum Gasteiger partial charge on any atom is 0.123 e. The molecule has 0 aromatic heterocycles. The molecule has 254 valence electrons. The standard InChI is InChI=1S/C35H46FN.C6H13N.C2H6/c1-8-10-12-30(13-11-9-2)21-35-22-31(17-18-32(35)23-35)28(6)24-37-29(7)25(3)14-15-26(4)34-20-33(36)19-16-27(34)5;1-3-5-7-6-4-2;1-2/h14-20,22-24,26,30H,3,8-13,21H2,1-2,4-7H3;5H,3-4,6H2,1-2H3;1-2H3/b15-14-,28-24+,37-29?;;/t26-,35?;;/m0../s1. The third-order valence-corrected chi connectivity index (χ3v) is 8.64. The number of allylic oxidation sites excluding steroid dienone is 10. The Labute approximate surface area is 283 Å². The lowest BCUT2D eigenvalue weighted by Crippen LogP contribution is -2.13. The molecule has 3 heteroatoms. The molecule has 0 bridgehead atoms. The normalized spacial score (nSPS) is 18.0. The van der Waals surface area contributed by atoms with Gasteiger partial charge in [-0.05, 0) is 104 Å². The largest absolute Gasteiger partial charge is 0.298 e. The van der Waals surface area contributed by atoms with E-state index < -0.39 is 0 Å². The first-order valence-corrected chi connectivity index (χ1v) is 18.1. The van der Waals surface area contributed by atoms with Gasteiger partial charge in [0.15, 0.2) is 0 Å². The molecule has 0 N–H and O–H groups in total. The highest BCUT2D eigenvalue weighted by Gasteiger charge is 2.43. The molecule has 1 aromatic carbocycles. The lowest BCUT2D eigenvalue weighted by Gasteiger charge is -2.25. The van der Waals surface area contributed by atoms with Crippen LogP contribution in [0.15, 0.2) is 99.7 Å². The Balaban J connectivity index is 0.00000104. The van der Waals surface area contributed by atoms with Crippen LogP contribution in [0.25, 0.3) is 0 Å². The quantitative estimate of drug-likeness (QED) is 0.121. The monoisotopic (exact) mass is 629 g/mol. The Morgan fingerprint density at radius 3 is 2.26 bits per heavy atom. The summed E-state index contributed by atoms with van der Waals surface area (Å²) in [6.07, 6.45) is 28.9. The van der Waals surface area contributed by atoms with Gasteiger partial charge in [0.05, 0.1) is 0 Å². The van der Waals surface area contributed by atoms with Crippen LogP contribution in [0.3, 0.4) is 0 Å². The summed E-state index contributed by atoms with van der Waals surface area (Å²) in [5.74, 6) is 0.706. The average Bonchev–Trinajstić information content (AvgIpc) is 3.79. The molecular formula is C43H65FN2. The minimum atomic E-state index is -0.197. The minimum absolute atomic E-state index is 0.102. The number of nitrogens with zero attached hydrogens (tertiary/aromatic N) is 2. The predicted octanol–water partition coefficient (Wildman–Crippen LogP) is 13.4. The zero-order chi connectivity index (χ0) is 34.5. The predicted molar refractivity (Wildman–Crippen MR) is 205 cm³/mol. The fourth-order valence-corrected chi connectivity index (χ4v) is 5.65. The zero-order valence-corrected chi connectivity index (χ0v) is 31.1. The van der Waals surface area contributed by atoms with Gasteiger partial charge in [0, 0.05) is 23.9 Å². The number of unbranched alkanes of at least 4 members (excludes halogenated alkanes) is 2. The van der Waals surface area contributed by atoms with Gasteiger partial charge in [-0.25, -0.2) is 4.39 Å². The van der Waals surface area contributed by atoms with E-state index in [1.54, 1.807) is 6.07 Å². The van der Waals surface area contributed by atoms with E-state index in [1.807, 2.05) is 52.3 Å². The smallest absolute Gasteiger partial charge is 0.123 e. The molecule has 1 aromatic rings. The van der Waals surface area contributed by atoms with Crippen molar-refractivity contribution < 1.29 is 4.39 Å². The van der Waals surface area contributed by atoms with Crippen LogP contribution in [0.1, 0.15) is 137 Å². The van der Waals surface area contributed by atoms with Crippen molar-refractivity contribution in [2.75, 3.05) is 6.54 Å². The number of aliphatic imine (C=N–C) groups is 2. The molecule has 1 unspecified atom stereocenters. The SMILES string of the molecule is C=C(/C=C\[C@H](C)c1cc(F)ccc1C)C(C)=N/C=C(\C)C1=CC2(CC(CCCC)CCCC)C=C2C=C1.CC.CCC=NCCC. The van der Waals surface area contributed by atoms with Gasteiger partial charge in [-0.1, -0.05) is 136 Å². The maximum atomic E-state index is 13.7. The molecule has 0 amide bonds. The molecule has 0 saturated carbocycles. The summed E-state index contributed by atoms with van der Waals surface area (Å²) >= 11 is 0. The average molecular weight is 629 g/mol. The maximum absolute atomic E-state index is 13.7. The van der Waals surface area contributed by atoms with Crippen LogP contribution in [0.5, 0.6) is 0 Å². The highest BCUT2D eigenvalue weighted by molar-refractivity contribution is 6.00. The number of halogens is 1. The number of fused-ring (bicyclic) bond motifs is 1. The van der Waals surface area contributed by atoms with Crippen molar-refractivity contribution >= 4 is 11.9 Å². The second-order valence-corrected chi connectivity index (χ2v) is 12.6. The van der Waals surface area contributed by atoms with E-state index >= 15 is 0 Å². The van der Waals surface area contributed by atoms with Crippen LogP contribution in [0.2, 0.25) is 0 Å². The lowest BCUT2D eigenvalue weighted by molar-refractivity contribution is 0.352. The summed E-state index contributed by atoms with van der Waals surface area (Å²) in [4.78, 5) is 8.82.